The van der Waals surface area contributed by atoms with Gasteiger partial charge in [-0.1, -0.05) is 30.3 Å². The van der Waals surface area contributed by atoms with E-state index < -0.39 is 0 Å². The molecule has 4 heteroatoms. The second kappa shape index (κ2) is 6.57. The fraction of sp³-hybridized carbons (Fsp3) is 0.533. The zero-order valence-corrected chi connectivity index (χ0v) is 11.3. The van der Waals surface area contributed by atoms with Crippen molar-refractivity contribution in [2.45, 2.75) is 38.3 Å². The van der Waals surface area contributed by atoms with Gasteiger partial charge in [0.1, 0.15) is 0 Å². The predicted octanol–water partition coefficient (Wildman–Crippen LogP) is 2.08. The Bertz CT molecular complexity index is 399. The second-order valence-corrected chi connectivity index (χ2v) is 5.36. The van der Waals surface area contributed by atoms with E-state index in [-0.39, 0.29) is 12.1 Å². The number of nitrogens with two attached hydrogens (primary N) is 2. The van der Waals surface area contributed by atoms with Gasteiger partial charge < -0.3 is 16.4 Å². The molecule has 0 saturated heterocycles. The maximum Gasteiger partial charge on any atom is 0.315 e. The predicted molar refractivity (Wildman–Crippen MR) is 76.4 cm³/mol. The fourth-order valence-electron chi connectivity index (χ4n) is 2.86. The summed E-state index contributed by atoms with van der Waals surface area (Å²) >= 11 is 0. The topological polar surface area (TPSA) is 72.3 Å². The molecule has 0 aromatic heterocycles. The molecular weight excluding hydrogens is 238 g/mol. The molecule has 1 aromatic carbocycles. The fourth-order valence-corrected chi connectivity index (χ4v) is 2.86. The zero-order valence-electron chi connectivity index (χ0n) is 11.3. The largest absolute Gasteiger partial charge is 0.351 e. The summed E-state index contributed by atoms with van der Waals surface area (Å²) in [6.07, 6.45) is 4.22. The van der Waals surface area contributed by atoms with Crippen LogP contribution in [0.15, 0.2) is 30.3 Å². The third-order valence-electron chi connectivity index (χ3n) is 4.07. The number of rotatable bonds is 4. The third kappa shape index (κ3) is 3.70. The summed E-state index contributed by atoms with van der Waals surface area (Å²) in [5.41, 5.74) is 12.4. The molecule has 0 radical (unpaired) electrons. The molecule has 1 aliphatic carbocycles. The number of amides is 2. The second-order valence-electron chi connectivity index (χ2n) is 5.36. The first-order valence-corrected chi connectivity index (χ1v) is 7.00. The molecule has 1 aliphatic rings. The summed E-state index contributed by atoms with van der Waals surface area (Å²) in [7, 11) is 0. The van der Waals surface area contributed by atoms with Gasteiger partial charge in [-0.2, -0.15) is 0 Å². The van der Waals surface area contributed by atoms with E-state index >= 15 is 0 Å². The minimum absolute atomic E-state index is 0.264. The quantitative estimate of drug-likeness (QED) is 0.871. The van der Waals surface area contributed by atoms with E-state index in [1.54, 1.807) is 0 Å². The SMILES string of the molecule is NCC1CCC(N(Cc2ccccc2)C(N)=O)CC1. The molecule has 0 atom stereocenters. The van der Waals surface area contributed by atoms with Crippen molar-refractivity contribution in [2.24, 2.45) is 17.4 Å². The molecular formula is C15H23N3O. The summed E-state index contributed by atoms with van der Waals surface area (Å²) in [5, 5.41) is 0. The molecule has 1 saturated carbocycles. The highest BCUT2D eigenvalue weighted by Gasteiger charge is 2.27. The van der Waals surface area contributed by atoms with Crippen molar-refractivity contribution in [1.29, 1.82) is 0 Å². The first kappa shape index (κ1) is 13.9. The minimum Gasteiger partial charge on any atom is -0.351 e. The summed E-state index contributed by atoms with van der Waals surface area (Å²) in [6, 6.07) is 9.95. The van der Waals surface area contributed by atoms with E-state index in [1.807, 2.05) is 35.2 Å². The Morgan fingerprint density at radius 1 is 1.16 bits per heavy atom. The third-order valence-corrected chi connectivity index (χ3v) is 4.07. The number of urea groups is 1. The van der Waals surface area contributed by atoms with Crippen LogP contribution in [0, 0.1) is 5.92 Å². The molecule has 104 valence electrons. The Morgan fingerprint density at radius 3 is 2.32 bits per heavy atom. The molecule has 0 unspecified atom stereocenters. The Hall–Kier alpha value is -1.55. The van der Waals surface area contributed by atoms with E-state index in [1.165, 1.54) is 0 Å². The van der Waals surface area contributed by atoms with Crippen LogP contribution in [0.5, 0.6) is 0 Å². The molecule has 0 heterocycles. The van der Waals surface area contributed by atoms with Crippen molar-refractivity contribution in [3.8, 4) is 0 Å². The van der Waals surface area contributed by atoms with Gasteiger partial charge in [-0.3, -0.25) is 0 Å². The average molecular weight is 261 g/mol. The monoisotopic (exact) mass is 261 g/mol. The van der Waals surface area contributed by atoms with Crippen LogP contribution in [-0.2, 0) is 6.54 Å². The van der Waals surface area contributed by atoms with Crippen molar-refractivity contribution in [2.75, 3.05) is 6.54 Å². The van der Waals surface area contributed by atoms with Crippen LogP contribution in [-0.4, -0.2) is 23.5 Å². The summed E-state index contributed by atoms with van der Waals surface area (Å²) in [5.74, 6) is 0.614. The van der Waals surface area contributed by atoms with Crippen molar-refractivity contribution in [3.63, 3.8) is 0 Å². The normalized spacial score (nSPS) is 23.0. The Morgan fingerprint density at radius 2 is 1.79 bits per heavy atom. The standard InChI is InChI=1S/C15H23N3O/c16-10-12-6-8-14(9-7-12)18(15(17)19)11-13-4-2-1-3-5-13/h1-5,12,14H,6-11,16H2,(H2,17,19). The van der Waals surface area contributed by atoms with Crippen LogP contribution < -0.4 is 11.5 Å². The highest BCUT2D eigenvalue weighted by atomic mass is 16.2. The van der Waals surface area contributed by atoms with Gasteiger partial charge in [0, 0.05) is 12.6 Å². The van der Waals surface area contributed by atoms with Crippen molar-refractivity contribution in [3.05, 3.63) is 35.9 Å². The molecule has 1 aromatic rings. The highest BCUT2D eigenvalue weighted by molar-refractivity contribution is 5.72. The molecule has 1 fully saturated rings. The number of carbonyl (C=O) groups is 1. The lowest BCUT2D eigenvalue weighted by atomic mass is 9.85. The molecule has 2 amide bonds. The molecule has 0 bridgehead atoms. The molecule has 0 spiro atoms. The first-order valence-electron chi connectivity index (χ1n) is 7.00. The highest BCUT2D eigenvalue weighted by Crippen LogP contribution is 2.27. The number of carbonyl (C=O) groups excluding carboxylic acids is 1. The van der Waals surface area contributed by atoms with Gasteiger partial charge in [-0.15, -0.1) is 0 Å². The molecule has 19 heavy (non-hydrogen) atoms. The van der Waals surface area contributed by atoms with Crippen molar-refractivity contribution in [1.82, 2.24) is 4.90 Å². The molecule has 4 nitrogen and oxygen atoms in total. The molecule has 2 rings (SSSR count). The van der Waals surface area contributed by atoms with Gasteiger partial charge in [0.2, 0.25) is 0 Å². The first-order chi connectivity index (χ1) is 9.20. The summed E-state index contributed by atoms with van der Waals surface area (Å²) in [4.78, 5) is 13.5. The lowest BCUT2D eigenvalue weighted by Crippen LogP contribution is -2.45. The zero-order chi connectivity index (χ0) is 13.7. The van der Waals surface area contributed by atoms with E-state index in [2.05, 4.69) is 0 Å². The lowest BCUT2D eigenvalue weighted by molar-refractivity contribution is 0.146. The van der Waals surface area contributed by atoms with Gasteiger partial charge >= 0.3 is 6.03 Å². The van der Waals surface area contributed by atoms with Crippen LogP contribution >= 0.6 is 0 Å². The lowest BCUT2D eigenvalue weighted by Gasteiger charge is -2.35. The molecule has 0 aliphatic heterocycles. The van der Waals surface area contributed by atoms with Crippen LogP contribution in [0.1, 0.15) is 31.2 Å². The van der Waals surface area contributed by atoms with Gasteiger partial charge in [0.15, 0.2) is 0 Å². The summed E-state index contributed by atoms with van der Waals surface area (Å²) < 4.78 is 0. The van der Waals surface area contributed by atoms with Gasteiger partial charge in [0.25, 0.3) is 0 Å². The number of nitrogens with zero attached hydrogens (tertiary/aromatic N) is 1. The van der Waals surface area contributed by atoms with Gasteiger partial charge in [-0.25, -0.2) is 4.79 Å². The number of primary amides is 1. The van der Waals surface area contributed by atoms with E-state index in [0.717, 1.165) is 37.8 Å². The number of hydrogen-bond donors (Lipinski definition) is 2. The molecule has 4 N–H and O–H groups in total. The Kier molecular flexibility index (Phi) is 4.80. The Labute approximate surface area is 114 Å². The summed E-state index contributed by atoms with van der Waals surface area (Å²) in [6.45, 7) is 1.36. The minimum atomic E-state index is -0.319. The number of hydrogen-bond acceptors (Lipinski definition) is 2. The van der Waals surface area contributed by atoms with Crippen LogP contribution in [0.2, 0.25) is 0 Å². The van der Waals surface area contributed by atoms with E-state index in [0.29, 0.717) is 12.5 Å². The van der Waals surface area contributed by atoms with Gasteiger partial charge in [0.05, 0.1) is 0 Å². The van der Waals surface area contributed by atoms with Crippen LogP contribution in [0.3, 0.4) is 0 Å². The van der Waals surface area contributed by atoms with E-state index in [9.17, 15) is 4.79 Å². The Balaban J connectivity index is 1.99. The average Bonchev–Trinajstić information content (AvgIpc) is 2.46. The van der Waals surface area contributed by atoms with E-state index in [4.69, 9.17) is 11.5 Å². The van der Waals surface area contributed by atoms with Gasteiger partial charge in [-0.05, 0) is 43.7 Å². The smallest absolute Gasteiger partial charge is 0.315 e. The maximum atomic E-state index is 11.7. The van der Waals surface area contributed by atoms with Crippen LogP contribution in [0.25, 0.3) is 0 Å². The van der Waals surface area contributed by atoms with Crippen molar-refractivity contribution < 1.29 is 4.79 Å². The maximum absolute atomic E-state index is 11.7. The van der Waals surface area contributed by atoms with Crippen LogP contribution in [0.4, 0.5) is 4.79 Å². The van der Waals surface area contributed by atoms with Crippen molar-refractivity contribution >= 4 is 6.03 Å². The number of benzene rings is 1.